The monoisotopic (exact) mass is 390 g/mol. The minimum atomic E-state index is -0.376. The molecule has 1 saturated heterocycles. The molecule has 156 valence electrons. The third-order valence-electron chi connectivity index (χ3n) is 9.87. The van der Waals surface area contributed by atoms with Crippen LogP contribution in [0.1, 0.15) is 72.1 Å². The maximum Gasteiger partial charge on any atom is 0.303 e. The second kappa shape index (κ2) is 6.04. The Kier molecular flexibility index (Phi) is 4.11. The molecule has 0 aromatic rings. The van der Waals surface area contributed by atoms with Crippen LogP contribution in [-0.2, 0) is 19.1 Å². The standard InChI is InChI=1S/C23H34O5/c1-13(24)27-12-19(26)18-5-4-16-15-10-20-23(28-20)11-14(25)6-9-22(23,3)17(15)7-8-21(16,18)2/h14-18,20,25H,4-12H2,1-3H3/t14-,15+,16-,17-,18+,20+,21-,22-,23+/m1/s1. The van der Waals surface area contributed by atoms with Crippen molar-refractivity contribution in [1.29, 1.82) is 0 Å². The predicted octanol–water partition coefficient (Wildman–Crippen LogP) is 3.27. The Morgan fingerprint density at radius 1 is 1.11 bits per heavy atom. The SMILES string of the molecule is CC(=O)OCC(=O)[C@@H]1CC[C@@H]2[C@@H]3C[C@@H]4O[C@@]45C[C@H](O)CC[C@]5(C)[C@@H]3CC[C@]21C. The van der Waals surface area contributed by atoms with Crippen molar-refractivity contribution in [3.05, 3.63) is 0 Å². The van der Waals surface area contributed by atoms with Crippen LogP contribution in [0.15, 0.2) is 0 Å². The normalized spacial score (nSPS) is 54.0. The van der Waals surface area contributed by atoms with E-state index in [4.69, 9.17) is 9.47 Å². The van der Waals surface area contributed by atoms with Gasteiger partial charge in [0.2, 0.25) is 0 Å². The molecule has 9 atom stereocenters. The van der Waals surface area contributed by atoms with Gasteiger partial charge in [-0.2, -0.15) is 0 Å². The van der Waals surface area contributed by atoms with Gasteiger partial charge in [0.15, 0.2) is 5.78 Å². The third-order valence-corrected chi connectivity index (χ3v) is 9.87. The first-order chi connectivity index (χ1) is 13.2. The zero-order valence-corrected chi connectivity index (χ0v) is 17.4. The fourth-order valence-corrected chi connectivity index (χ4v) is 8.46. The Bertz CT molecular complexity index is 705. The molecule has 0 aromatic heterocycles. The molecule has 1 spiro atoms. The van der Waals surface area contributed by atoms with Crippen molar-refractivity contribution >= 4 is 11.8 Å². The highest BCUT2D eigenvalue weighted by atomic mass is 16.6. The summed E-state index contributed by atoms with van der Waals surface area (Å²) in [5.41, 5.74) is 0.113. The lowest BCUT2D eigenvalue weighted by Gasteiger charge is -2.59. The number of ketones is 1. The number of fused-ring (bicyclic) bond motifs is 4. The summed E-state index contributed by atoms with van der Waals surface area (Å²) >= 11 is 0. The highest BCUT2D eigenvalue weighted by Gasteiger charge is 2.76. The first kappa shape index (κ1) is 19.0. The van der Waals surface area contributed by atoms with Crippen LogP contribution >= 0.6 is 0 Å². The van der Waals surface area contributed by atoms with Gasteiger partial charge in [-0.3, -0.25) is 9.59 Å². The van der Waals surface area contributed by atoms with Gasteiger partial charge in [0.1, 0.15) is 12.2 Å². The highest BCUT2D eigenvalue weighted by molar-refractivity contribution is 5.85. The summed E-state index contributed by atoms with van der Waals surface area (Å²) in [6.45, 7) is 6.04. The van der Waals surface area contributed by atoms with Crippen LogP contribution in [0.3, 0.4) is 0 Å². The van der Waals surface area contributed by atoms with Crippen LogP contribution in [-0.4, -0.2) is 41.3 Å². The molecular formula is C23H34O5. The summed E-state index contributed by atoms with van der Waals surface area (Å²) in [6, 6.07) is 0. The second-order valence-corrected chi connectivity index (χ2v) is 10.8. The van der Waals surface area contributed by atoms with E-state index in [0.29, 0.717) is 23.9 Å². The van der Waals surface area contributed by atoms with Crippen molar-refractivity contribution in [1.82, 2.24) is 0 Å². The first-order valence-corrected chi connectivity index (χ1v) is 11.2. The number of carbonyl (C=O) groups is 2. The number of aliphatic hydroxyl groups excluding tert-OH is 1. The highest BCUT2D eigenvalue weighted by Crippen LogP contribution is 2.73. The van der Waals surface area contributed by atoms with Crippen molar-refractivity contribution in [2.75, 3.05) is 6.61 Å². The number of esters is 1. The fourth-order valence-electron chi connectivity index (χ4n) is 8.46. The van der Waals surface area contributed by atoms with E-state index in [0.717, 1.165) is 51.4 Å². The van der Waals surface area contributed by atoms with E-state index in [1.165, 1.54) is 6.92 Å². The van der Waals surface area contributed by atoms with Crippen molar-refractivity contribution in [2.24, 2.45) is 34.5 Å². The largest absolute Gasteiger partial charge is 0.458 e. The minimum absolute atomic E-state index is 0.0191. The van der Waals surface area contributed by atoms with Crippen LogP contribution in [0.25, 0.3) is 0 Å². The van der Waals surface area contributed by atoms with Crippen LogP contribution < -0.4 is 0 Å². The van der Waals surface area contributed by atoms with Crippen molar-refractivity contribution < 1.29 is 24.2 Å². The molecule has 0 amide bonds. The fraction of sp³-hybridized carbons (Fsp3) is 0.913. The maximum absolute atomic E-state index is 12.8. The number of aliphatic hydroxyl groups is 1. The van der Waals surface area contributed by atoms with E-state index >= 15 is 0 Å². The average Bonchev–Trinajstić information content (AvgIpc) is 3.21. The third kappa shape index (κ3) is 2.38. The van der Waals surface area contributed by atoms with Gasteiger partial charge in [0.25, 0.3) is 0 Å². The van der Waals surface area contributed by atoms with Crippen LogP contribution in [0.2, 0.25) is 0 Å². The van der Waals surface area contributed by atoms with Crippen molar-refractivity contribution in [3.63, 3.8) is 0 Å². The van der Waals surface area contributed by atoms with E-state index < -0.39 is 0 Å². The van der Waals surface area contributed by atoms with Crippen molar-refractivity contribution in [3.8, 4) is 0 Å². The van der Waals surface area contributed by atoms with Crippen LogP contribution in [0.4, 0.5) is 0 Å². The predicted molar refractivity (Wildman–Crippen MR) is 102 cm³/mol. The Morgan fingerprint density at radius 3 is 2.64 bits per heavy atom. The number of epoxide rings is 1. The molecule has 0 bridgehead atoms. The molecule has 5 aliphatic rings. The quantitative estimate of drug-likeness (QED) is 0.591. The number of hydrogen-bond donors (Lipinski definition) is 1. The molecule has 4 saturated carbocycles. The van der Waals surface area contributed by atoms with Gasteiger partial charge >= 0.3 is 5.97 Å². The van der Waals surface area contributed by atoms with E-state index in [2.05, 4.69) is 13.8 Å². The summed E-state index contributed by atoms with van der Waals surface area (Å²) in [5.74, 6) is 1.57. The van der Waals surface area contributed by atoms with Gasteiger partial charge in [-0.05, 0) is 68.1 Å². The second-order valence-electron chi connectivity index (χ2n) is 10.8. The van der Waals surface area contributed by atoms with Gasteiger partial charge in [-0.15, -0.1) is 0 Å². The lowest BCUT2D eigenvalue weighted by molar-refractivity contribution is -0.150. The summed E-state index contributed by atoms with van der Waals surface area (Å²) in [6.07, 6.45) is 8.20. The molecule has 0 aromatic carbocycles. The molecule has 1 N–H and O–H groups in total. The maximum atomic E-state index is 12.8. The summed E-state index contributed by atoms with van der Waals surface area (Å²) in [5, 5.41) is 10.3. The van der Waals surface area contributed by atoms with Gasteiger partial charge in [-0.25, -0.2) is 0 Å². The number of Topliss-reactive ketones (excluding diaryl/α,β-unsaturated/α-hetero) is 1. The average molecular weight is 391 g/mol. The molecule has 5 nitrogen and oxygen atoms in total. The first-order valence-electron chi connectivity index (χ1n) is 11.2. The van der Waals surface area contributed by atoms with E-state index in [-0.39, 0.29) is 46.8 Å². The zero-order valence-electron chi connectivity index (χ0n) is 17.4. The number of hydrogen-bond acceptors (Lipinski definition) is 5. The zero-order chi connectivity index (χ0) is 19.9. The van der Waals surface area contributed by atoms with Crippen molar-refractivity contribution in [2.45, 2.75) is 89.9 Å². The molecule has 4 aliphatic carbocycles. The molecule has 5 fully saturated rings. The molecule has 28 heavy (non-hydrogen) atoms. The lowest BCUT2D eigenvalue weighted by Crippen LogP contribution is -2.58. The molecule has 1 aliphatic heterocycles. The molecule has 0 unspecified atom stereocenters. The molecule has 0 radical (unpaired) electrons. The van der Waals surface area contributed by atoms with Gasteiger partial charge in [0, 0.05) is 24.7 Å². The van der Waals surface area contributed by atoms with Gasteiger partial charge < -0.3 is 14.6 Å². The Labute approximate surface area is 167 Å². The van der Waals surface area contributed by atoms with Gasteiger partial charge in [-0.1, -0.05) is 13.8 Å². The molecule has 1 heterocycles. The molecular weight excluding hydrogens is 356 g/mol. The summed E-state index contributed by atoms with van der Waals surface area (Å²) in [4.78, 5) is 24.0. The van der Waals surface area contributed by atoms with Gasteiger partial charge in [0.05, 0.1) is 12.2 Å². The Hall–Kier alpha value is -0.940. The Morgan fingerprint density at radius 2 is 1.89 bits per heavy atom. The van der Waals surface area contributed by atoms with E-state index in [9.17, 15) is 14.7 Å². The summed E-state index contributed by atoms with van der Waals surface area (Å²) < 4.78 is 11.4. The summed E-state index contributed by atoms with van der Waals surface area (Å²) in [7, 11) is 0. The van der Waals surface area contributed by atoms with E-state index in [1.54, 1.807) is 0 Å². The number of ether oxygens (including phenoxy) is 2. The Balaban J connectivity index is 1.38. The smallest absolute Gasteiger partial charge is 0.303 e. The van der Waals surface area contributed by atoms with Crippen LogP contribution in [0.5, 0.6) is 0 Å². The number of rotatable bonds is 3. The molecule has 5 heteroatoms. The van der Waals surface area contributed by atoms with Crippen LogP contribution in [0, 0.1) is 34.5 Å². The topological polar surface area (TPSA) is 76.1 Å². The minimum Gasteiger partial charge on any atom is -0.458 e. The lowest BCUT2D eigenvalue weighted by atomic mass is 9.44. The molecule has 5 rings (SSSR count). The number of carbonyl (C=O) groups excluding carboxylic acids is 2. The van der Waals surface area contributed by atoms with E-state index in [1.807, 2.05) is 0 Å².